The van der Waals surface area contributed by atoms with Gasteiger partial charge in [0.05, 0.1) is 12.0 Å². The summed E-state index contributed by atoms with van der Waals surface area (Å²) in [5.41, 5.74) is 0.379. The standard InChI is InChI=1S/C13H12N4O4/c14-6-8-1-2-9(16-7-8)13(21)17-4-3-15-12(20)10(17)5-11(18)19/h1-2,7,10H,3-5H2,(H,15,20)(H,18,19). The first-order valence-electron chi connectivity index (χ1n) is 6.19. The van der Waals surface area contributed by atoms with Crippen LogP contribution in [0.15, 0.2) is 18.3 Å². The van der Waals surface area contributed by atoms with E-state index in [-0.39, 0.29) is 18.8 Å². The summed E-state index contributed by atoms with van der Waals surface area (Å²) in [6.07, 6.45) is 0.789. The minimum Gasteiger partial charge on any atom is -0.481 e. The number of amides is 2. The number of nitrogens with one attached hydrogen (secondary N) is 1. The summed E-state index contributed by atoms with van der Waals surface area (Å²) in [6.45, 7) is 0.473. The SMILES string of the molecule is N#Cc1ccc(C(=O)N2CCNC(=O)C2CC(=O)O)nc1. The Morgan fingerprint density at radius 3 is 2.86 bits per heavy atom. The molecule has 2 heterocycles. The third kappa shape index (κ3) is 3.14. The van der Waals surface area contributed by atoms with Gasteiger partial charge in [0.15, 0.2) is 0 Å². The van der Waals surface area contributed by atoms with Crippen molar-refractivity contribution in [2.24, 2.45) is 0 Å². The average molecular weight is 288 g/mol. The van der Waals surface area contributed by atoms with Crippen LogP contribution in [-0.4, -0.2) is 51.9 Å². The molecule has 108 valence electrons. The summed E-state index contributed by atoms with van der Waals surface area (Å²) < 4.78 is 0. The molecule has 0 aromatic carbocycles. The largest absolute Gasteiger partial charge is 0.481 e. The van der Waals surface area contributed by atoms with Crippen LogP contribution in [0.25, 0.3) is 0 Å². The Balaban J connectivity index is 2.23. The van der Waals surface area contributed by atoms with Gasteiger partial charge in [0.2, 0.25) is 5.91 Å². The summed E-state index contributed by atoms with van der Waals surface area (Å²) in [7, 11) is 0. The Bertz CT molecular complexity index is 620. The molecule has 2 N–H and O–H groups in total. The van der Waals surface area contributed by atoms with Crippen molar-refractivity contribution in [2.45, 2.75) is 12.5 Å². The summed E-state index contributed by atoms with van der Waals surface area (Å²) in [4.78, 5) is 40.0. The Labute approximate surface area is 120 Å². The van der Waals surface area contributed by atoms with E-state index in [0.717, 1.165) is 0 Å². The fourth-order valence-corrected chi connectivity index (χ4v) is 2.06. The summed E-state index contributed by atoms with van der Waals surface area (Å²) in [6, 6.07) is 3.65. The lowest BCUT2D eigenvalue weighted by molar-refractivity contribution is -0.142. The molecule has 1 unspecified atom stereocenters. The summed E-state index contributed by atoms with van der Waals surface area (Å²) in [5, 5.41) is 20.1. The van der Waals surface area contributed by atoms with Crippen molar-refractivity contribution in [3.8, 4) is 6.07 Å². The van der Waals surface area contributed by atoms with Gasteiger partial charge >= 0.3 is 5.97 Å². The van der Waals surface area contributed by atoms with Crippen LogP contribution < -0.4 is 5.32 Å². The van der Waals surface area contributed by atoms with Crippen LogP contribution in [-0.2, 0) is 9.59 Å². The molecule has 1 aliphatic heterocycles. The van der Waals surface area contributed by atoms with Gasteiger partial charge in [-0.05, 0) is 12.1 Å². The van der Waals surface area contributed by atoms with Gasteiger partial charge < -0.3 is 15.3 Å². The topological polar surface area (TPSA) is 123 Å². The number of piperazine rings is 1. The molecule has 1 atom stereocenters. The third-order valence-corrected chi connectivity index (χ3v) is 3.07. The maximum atomic E-state index is 12.3. The van der Waals surface area contributed by atoms with Crippen molar-refractivity contribution in [3.05, 3.63) is 29.6 Å². The number of hydrogen-bond donors (Lipinski definition) is 2. The molecular formula is C13H12N4O4. The van der Waals surface area contributed by atoms with Crippen LogP contribution in [0, 0.1) is 11.3 Å². The monoisotopic (exact) mass is 288 g/mol. The number of nitrogens with zero attached hydrogens (tertiary/aromatic N) is 3. The molecule has 1 aromatic rings. The van der Waals surface area contributed by atoms with Crippen LogP contribution in [0.2, 0.25) is 0 Å². The Morgan fingerprint density at radius 2 is 2.29 bits per heavy atom. The number of carboxylic acids is 1. The first-order chi connectivity index (χ1) is 10.0. The fourth-order valence-electron chi connectivity index (χ4n) is 2.06. The quantitative estimate of drug-likeness (QED) is 0.763. The van der Waals surface area contributed by atoms with Gasteiger partial charge in [-0.15, -0.1) is 0 Å². The molecule has 0 spiro atoms. The first kappa shape index (κ1) is 14.5. The molecule has 8 nitrogen and oxygen atoms in total. The van der Waals surface area contributed by atoms with Crippen molar-refractivity contribution in [3.63, 3.8) is 0 Å². The van der Waals surface area contributed by atoms with Crippen LogP contribution in [0.5, 0.6) is 0 Å². The number of carbonyl (C=O) groups excluding carboxylic acids is 2. The zero-order valence-corrected chi connectivity index (χ0v) is 10.9. The lowest BCUT2D eigenvalue weighted by Gasteiger charge is -2.34. The van der Waals surface area contributed by atoms with Crippen LogP contribution in [0.1, 0.15) is 22.5 Å². The fraction of sp³-hybridized carbons (Fsp3) is 0.308. The predicted octanol–water partition coefficient (Wildman–Crippen LogP) is -0.631. The van der Waals surface area contributed by atoms with Gasteiger partial charge in [-0.2, -0.15) is 5.26 Å². The van der Waals surface area contributed by atoms with Crippen LogP contribution in [0.4, 0.5) is 0 Å². The van der Waals surface area contributed by atoms with E-state index < -0.39 is 30.2 Å². The molecule has 0 bridgehead atoms. The molecule has 21 heavy (non-hydrogen) atoms. The van der Waals surface area contributed by atoms with Crippen molar-refractivity contribution in [1.82, 2.24) is 15.2 Å². The number of rotatable bonds is 3. The van der Waals surface area contributed by atoms with E-state index in [2.05, 4.69) is 10.3 Å². The highest BCUT2D eigenvalue weighted by molar-refractivity contribution is 5.98. The summed E-state index contributed by atoms with van der Waals surface area (Å²) in [5.74, 6) is -2.19. The molecule has 1 saturated heterocycles. The smallest absolute Gasteiger partial charge is 0.305 e. The van der Waals surface area contributed by atoms with E-state index in [9.17, 15) is 14.4 Å². The van der Waals surface area contributed by atoms with Gasteiger partial charge in [-0.1, -0.05) is 0 Å². The molecular weight excluding hydrogens is 276 g/mol. The molecule has 0 radical (unpaired) electrons. The third-order valence-electron chi connectivity index (χ3n) is 3.07. The number of hydrogen-bond acceptors (Lipinski definition) is 5. The zero-order chi connectivity index (χ0) is 15.4. The number of pyridine rings is 1. The maximum absolute atomic E-state index is 12.3. The highest BCUT2D eigenvalue weighted by atomic mass is 16.4. The lowest BCUT2D eigenvalue weighted by Crippen LogP contribution is -2.57. The summed E-state index contributed by atoms with van der Waals surface area (Å²) >= 11 is 0. The highest BCUT2D eigenvalue weighted by Crippen LogP contribution is 2.13. The normalized spacial score (nSPS) is 17.8. The second kappa shape index (κ2) is 6.00. The molecule has 1 fully saturated rings. The van der Waals surface area contributed by atoms with E-state index in [1.54, 1.807) is 0 Å². The van der Waals surface area contributed by atoms with Gasteiger partial charge in [0.25, 0.3) is 5.91 Å². The second-order valence-corrected chi connectivity index (χ2v) is 4.45. The van der Waals surface area contributed by atoms with Gasteiger partial charge in [0, 0.05) is 19.3 Å². The van der Waals surface area contributed by atoms with Gasteiger partial charge in [-0.25, -0.2) is 4.98 Å². The first-order valence-corrected chi connectivity index (χ1v) is 6.19. The van der Waals surface area contributed by atoms with Crippen molar-refractivity contribution >= 4 is 17.8 Å². The lowest BCUT2D eigenvalue weighted by atomic mass is 10.1. The highest BCUT2D eigenvalue weighted by Gasteiger charge is 2.35. The van der Waals surface area contributed by atoms with E-state index in [0.29, 0.717) is 5.56 Å². The molecule has 1 aromatic heterocycles. The predicted molar refractivity (Wildman–Crippen MR) is 69.0 cm³/mol. The number of carbonyl (C=O) groups is 3. The molecule has 0 saturated carbocycles. The van der Waals surface area contributed by atoms with Crippen LogP contribution >= 0.6 is 0 Å². The number of nitriles is 1. The van der Waals surface area contributed by atoms with E-state index in [4.69, 9.17) is 10.4 Å². The number of carboxylic acid groups (broad SMARTS) is 1. The van der Waals surface area contributed by atoms with Gasteiger partial charge in [-0.3, -0.25) is 14.4 Å². The molecule has 8 heteroatoms. The molecule has 2 rings (SSSR count). The van der Waals surface area contributed by atoms with Gasteiger partial charge in [0.1, 0.15) is 17.8 Å². The Morgan fingerprint density at radius 1 is 1.52 bits per heavy atom. The molecule has 2 amide bonds. The Hall–Kier alpha value is -2.95. The number of aromatic nitrogens is 1. The average Bonchev–Trinajstić information content (AvgIpc) is 2.48. The van der Waals surface area contributed by atoms with Crippen LogP contribution in [0.3, 0.4) is 0 Å². The Kier molecular flexibility index (Phi) is 4.13. The van der Waals surface area contributed by atoms with Crippen molar-refractivity contribution < 1.29 is 19.5 Å². The van der Waals surface area contributed by atoms with E-state index in [1.807, 2.05) is 6.07 Å². The number of aliphatic carboxylic acids is 1. The molecule has 1 aliphatic rings. The zero-order valence-electron chi connectivity index (χ0n) is 10.9. The van der Waals surface area contributed by atoms with Crippen molar-refractivity contribution in [1.29, 1.82) is 5.26 Å². The molecule has 0 aliphatic carbocycles. The maximum Gasteiger partial charge on any atom is 0.305 e. The van der Waals surface area contributed by atoms with E-state index >= 15 is 0 Å². The minimum absolute atomic E-state index is 0.0686. The van der Waals surface area contributed by atoms with E-state index in [1.165, 1.54) is 23.2 Å². The van der Waals surface area contributed by atoms with Crippen molar-refractivity contribution in [2.75, 3.05) is 13.1 Å². The minimum atomic E-state index is -1.16. The second-order valence-electron chi connectivity index (χ2n) is 4.45.